The lowest BCUT2D eigenvalue weighted by Crippen LogP contribution is -2.46. The van der Waals surface area contributed by atoms with E-state index in [1.165, 1.54) is 5.56 Å². The van der Waals surface area contributed by atoms with Gasteiger partial charge < -0.3 is 15.4 Å². The van der Waals surface area contributed by atoms with E-state index < -0.39 is 6.04 Å². The van der Waals surface area contributed by atoms with Crippen LogP contribution in [0.4, 0.5) is 5.69 Å². The van der Waals surface area contributed by atoms with Crippen molar-refractivity contribution < 1.29 is 14.3 Å². The van der Waals surface area contributed by atoms with Gasteiger partial charge in [-0.25, -0.2) is 0 Å². The van der Waals surface area contributed by atoms with Gasteiger partial charge in [-0.2, -0.15) is 0 Å². The maximum Gasteiger partial charge on any atom is 0.238 e. The maximum absolute atomic E-state index is 12.6. The molecule has 0 aliphatic carbocycles. The van der Waals surface area contributed by atoms with Gasteiger partial charge >= 0.3 is 0 Å². The Labute approximate surface area is 173 Å². The molecule has 0 heterocycles. The van der Waals surface area contributed by atoms with E-state index in [4.69, 9.17) is 4.74 Å². The van der Waals surface area contributed by atoms with Crippen LogP contribution in [0.5, 0.6) is 5.75 Å². The summed E-state index contributed by atoms with van der Waals surface area (Å²) < 4.78 is 5.16. The average molecular weight is 398 g/mol. The van der Waals surface area contributed by atoms with Gasteiger partial charge in [0.25, 0.3) is 0 Å². The summed E-state index contributed by atoms with van der Waals surface area (Å²) in [6, 6.07) is 16.9. The van der Waals surface area contributed by atoms with Crippen LogP contribution in [0.1, 0.15) is 31.7 Å². The minimum absolute atomic E-state index is 0.0870. The molecule has 2 rings (SSSR count). The monoisotopic (exact) mass is 397 g/mol. The van der Waals surface area contributed by atoms with Gasteiger partial charge in [0, 0.05) is 24.2 Å². The van der Waals surface area contributed by atoms with Crippen molar-refractivity contribution in [2.75, 3.05) is 32.6 Å². The lowest BCUT2D eigenvalue weighted by molar-refractivity contribution is -0.126. The highest BCUT2D eigenvalue weighted by Gasteiger charge is 2.21. The zero-order chi connectivity index (χ0) is 21.2. The molecule has 0 spiro atoms. The van der Waals surface area contributed by atoms with Crippen LogP contribution in [0, 0.1) is 0 Å². The molecule has 6 nitrogen and oxygen atoms in total. The van der Waals surface area contributed by atoms with Crippen molar-refractivity contribution in [2.45, 2.75) is 32.2 Å². The Hall–Kier alpha value is -2.86. The first-order valence-corrected chi connectivity index (χ1v) is 9.91. The van der Waals surface area contributed by atoms with E-state index in [0.717, 1.165) is 6.42 Å². The number of rotatable bonds is 10. The predicted molar refractivity (Wildman–Crippen MR) is 116 cm³/mol. The molecule has 2 N–H and O–H groups in total. The third kappa shape index (κ3) is 6.91. The van der Waals surface area contributed by atoms with Gasteiger partial charge in [0.05, 0.1) is 19.7 Å². The lowest BCUT2D eigenvalue weighted by Gasteiger charge is -2.24. The third-order valence-corrected chi connectivity index (χ3v) is 5.07. The summed E-state index contributed by atoms with van der Waals surface area (Å²) in [5.74, 6) is 0.675. The molecule has 0 saturated carbocycles. The number of carbonyl (C=O) groups excluding carboxylic acids is 2. The summed E-state index contributed by atoms with van der Waals surface area (Å²) in [5.41, 5.74) is 1.88. The smallest absolute Gasteiger partial charge is 0.238 e. The summed E-state index contributed by atoms with van der Waals surface area (Å²) in [5, 5.41) is 5.85. The number of nitrogens with one attached hydrogen (secondary N) is 2. The molecular weight excluding hydrogens is 366 g/mol. The first-order valence-electron chi connectivity index (χ1n) is 9.91. The topological polar surface area (TPSA) is 70.7 Å². The lowest BCUT2D eigenvalue weighted by atomic mass is 9.96. The van der Waals surface area contributed by atoms with Gasteiger partial charge in [-0.15, -0.1) is 0 Å². The van der Waals surface area contributed by atoms with Crippen molar-refractivity contribution in [3.63, 3.8) is 0 Å². The zero-order valence-corrected chi connectivity index (χ0v) is 17.6. The Kier molecular flexibility index (Phi) is 8.68. The third-order valence-electron chi connectivity index (χ3n) is 5.07. The second-order valence-electron chi connectivity index (χ2n) is 7.13. The number of benzene rings is 2. The number of carbonyl (C=O) groups is 2. The van der Waals surface area contributed by atoms with E-state index in [1.54, 1.807) is 38.1 Å². The summed E-state index contributed by atoms with van der Waals surface area (Å²) in [6.07, 6.45) is 0.942. The highest BCUT2D eigenvalue weighted by atomic mass is 16.5. The molecule has 0 saturated heterocycles. The zero-order valence-electron chi connectivity index (χ0n) is 17.6. The predicted octanol–water partition coefficient (Wildman–Crippen LogP) is 3.26. The number of nitrogens with zero attached hydrogens (tertiary/aromatic N) is 1. The SMILES string of the molecule is CC[C@@H](CNC(=O)[C@H](C)N(C)CC(=O)Nc1cccc(OC)c1)c1ccccc1. The summed E-state index contributed by atoms with van der Waals surface area (Å²) in [7, 11) is 3.35. The molecule has 2 amide bonds. The van der Waals surface area contributed by atoms with E-state index in [9.17, 15) is 9.59 Å². The van der Waals surface area contributed by atoms with E-state index in [1.807, 2.05) is 30.3 Å². The van der Waals surface area contributed by atoms with Crippen LogP contribution < -0.4 is 15.4 Å². The van der Waals surface area contributed by atoms with Crippen molar-refractivity contribution in [3.05, 3.63) is 60.2 Å². The first-order chi connectivity index (χ1) is 13.9. The summed E-state index contributed by atoms with van der Waals surface area (Å²) >= 11 is 0. The van der Waals surface area contributed by atoms with E-state index in [2.05, 4.69) is 29.7 Å². The van der Waals surface area contributed by atoms with Crippen LogP contribution in [0.2, 0.25) is 0 Å². The fourth-order valence-electron chi connectivity index (χ4n) is 3.06. The summed E-state index contributed by atoms with van der Waals surface area (Å²) in [4.78, 5) is 26.6. The second-order valence-corrected chi connectivity index (χ2v) is 7.13. The Morgan fingerprint density at radius 1 is 1.10 bits per heavy atom. The fourth-order valence-corrected chi connectivity index (χ4v) is 3.06. The fraction of sp³-hybridized carbons (Fsp3) is 0.391. The number of methoxy groups -OCH3 is 1. The van der Waals surface area contributed by atoms with Crippen molar-refractivity contribution in [1.82, 2.24) is 10.2 Å². The molecule has 0 bridgehead atoms. The van der Waals surface area contributed by atoms with Crippen LogP contribution in [0.25, 0.3) is 0 Å². The van der Waals surface area contributed by atoms with Gasteiger partial charge in [-0.3, -0.25) is 14.5 Å². The molecule has 0 unspecified atom stereocenters. The number of amides is 2. The molecule has 0 aliphatic heterocycles. The molecule has 29 heavy (non-hydrogen) atoms. The van der Waals surface area contributed by atoms with E-state index in [-0.39, 0.29) is 24.3 Å². The van der Waals surface area contributed by atoms with Crippen LogP contribution in [0.3, 0.4) is 0 Å². The number of likely N-dealkylation sites (N-methyl/N-ethyl adjacent to an activating group) is 1. The number of anilines is 1. The molecule has 0 aromatic heterocycles. The van der Waals surface area contributed by atoms with Crippen LogP contribution in [-0.2, 0) is 9.59 Å². The van der Waals surface area contributed by atoms with Crippen LogP contribution >= 0.6 is 0 Å². The minimum Gasteiger partial charge on any atom is -0.497 e. The Bertz CT molecular complexity index is 795. The molecule has 0 aliphatic rings. The van der Waals surface area contributed by atoms with Gasteiger partial charge in [-0.1, -0.05) is 43.3 Å². The highest BCUT2D eigenvalue weighted by Crippen LogP contribution is 2.18. The second kappa shape index (κ2) is 11.2. The van der Waals surface area contributed by atoms with Crippen molar-refractivity contribution >= 4 is 17.5 Å². The maximum atomic E-state index is 12.6. The molecule has 156 valence electrons. The molecule has 2 atom stereocenters. The van der Waals surface area contributed by atoms with Gasteiger partial charge in [0.15, 0.2) is 0 Å². The number of hydrogen-bond donors (Lipinski definition) is 2. The minimum atomic E-state index is -0.417. The van der Waals surface area contributed by atoms with Crippen LogP contribution in [0.15, 0.2) is 54.6 Å². The standard InChI is InChI=1S/C23H31N3O3/c1-5-18(19-10-7-6-8-11-19)15-24-23(28)17(2)26(3)16-22(27)25-20-12-9-13-21(14-20)29-4/h6-14,17-18H,5,15-16H2,1-4H3,(H,24,28)(H,25,27)/t17-,18-/m0/s1. The van der Waals surface area contributed by atoms with Crippen molar-refractivity contribution in [2.24, 2.45) is 0 Å². The largest absolute Gasteiger partial charge is 0.497 e. The first kappa shape index (κ1) is 22.4. The molecule has 2 aromatic rings. The molecule has 2 aromatic carbocycles. The number of ether oxygens (including phenoxy) is 1. The van der Waals surface area contributed by atoms with Gasteiger partial charge in [-0.05, 0) is 38.1 Å². The highest BCUT2D eigenvalue weighted by molar-refractivity contribution is 5.93. The van der Waals surface area contributed by atoms with Crippen molar-refractivity contribution in [1.29, 1.82) is 0 Å². The Balaban J connectivity index is 1.84. The van der Waals surface area contributed by atoms with Crippen molar-refractivity contribution in [3.8, 4) is 5.75 Å². The van der Waals surface area contributed by atoms with Crippen LogP contribution in [-0.4, -0.2) is 50.0 Å². The molecular formula is C23H31N3O3. The number of hydrogen-bond acceptors (Lipinski definition) is 4. The van der Waals surface area contributed by atoms with Gasteiger partial charge in [0.1, 0.15) is 5.75 Å². The molecule has 6 heteroatoms. The Morgan fingerprint density at radius 2 is 1.83 bits per heavy atom. The van der Waals surface area contributed by atoms with E-state index in [0.29, 0.717) is 18.0 Å². The quantitative estimate of drug-likeness (QED) is 0.646. The van der Waals surface area contributed by atoms with E-state index >= 15 is 0 Å². The Morgan fingerprint density at radius 3 is 2.48 bits per heavy atom. The average Bonchev–Trinajstić information content (AvgIpc) is 2.74. The van der Waals surface area contributed by atoms with Gasteiger partial charge in [0.2, 0.25) is 11.8 Å². The molecule has 0 radical (unpaired) electrons. The normalized spacial score (nSPS) is 12.9. The summed E-state index contributed by atoms with van der Waals surface area (Å²) in [6.45, 7) is 4.61. The molecule has 0 fully saturated rings.